The SMILES string of the molecule is CCCCC(CC)COOCc1ccc(Nc2nc(Nc3ccc(COOCC(CC)CCCC)cc3)nc(Nc3ccc(C(=O)OCC(CC)CCCC)cc3)n2)cc1. The van der Waals surface area contributed by atoms with Gasteiger partial charge in [-0.25, -0.2) is 24.3 Å². The standard InChI is InChI=1S/C48H70N6O6/c1-7-13-16-36(10-4)31-56-45(55)41-23-29-44(30-24-41)51-48-53-46(49-42-25-19-39(20-26-42)34-59-57-32-37(11-5)17-14-8-2)52-47(54-48)50-43-27-21-40(22-28-43)35-60-58-33-38(12-6)18-15-9-3/h19-30,36-38H,7-18,31-35H2,1-6H3,(H3,49,50,51,52,53,54). The van der Waals surface area contributed by atoms with Crippen molar-refractivity contribution in [3.05, 3.63) is 89.5 Å². The molecule has 1 aromatic heterocycles. The zero-order chi connectivity index (χ0) is 42.8. The summed E-state index contributed by atoms with van der Waals surface area (Å²) in [7, 11) is 0. The quantitative estimate of drug-likeness (QED) is 0.0193. The molecule has 328 valence electrons. The van der Waals surface area contributed by atoms with Gasteiger partial charge in [0.15, 0.2) is 0 Å². The maximum Gasteiger partial charge on any atom is 0.338 e. The Morgan fingerprint density at radius 1 is 0.483 bits per heavy atom. The lowest BCUT2D eigenvalue weighted by atomic mass is 10.0. The number of unbranched alkanes of at least 4 members (excludes halogenated alkanes) is 3. The predicted molar refractivity (Wildman–Crippen MR) is 241 cm³/mol. The molecule has 4 aromatic rings. The molecule has 0 aliphatic carbocycles. The summed E-state index contributed by atoms with van der Waals surface area (Å²) < 4.78 is 5.66. The number of benzene rings is 3. The molecule has 1 heterocycles. The Balaban J connectivity index is 1.41. The minimum absolute atomic E-state index is 0.310. The van der Waals surface area contributed by atoms with E-state index in [1.54, 1.807) is 12.1 Å². The van der Waals surface area contributed by atoms with Gasteiger partial charge in [0.25, 0.3) is 0 Å². The number of carbonyl (C=O) groups is 1. The molecule has 0 aliphatic heterocycles. The van der Waals surface area contributed by atoms with Crippen molar-refractivity contribution in [3.8, 4) is 0 Å². The first-order valence-corrected chi connectivity index (χ1v) is 22.4. The summed E-state index contributed by atoms with van der Waals surface area (Å²) >= 11 is 0. The van der Waals surface area contributed by atoms with Crippen molar-refractivity contribution in [1.82, 2.24) is 15.0 Å². The van der Waals surface area contributed by atoms with Crippen LogP contribution in [-0.2, 0) is 37.5 Å². The molecule has 12 heteroatoms. The molecule has 3 aromatic carbocycles. The van der Waals surface area contributed by atoms with Crippen molar-refractivity contribution in [2.45, 2.75) is 132 Å². The van der Waals surface area contributed by atoms with Crippen LogP contribution in [0.5, 0.6) is 0 Å². The number of nitrogens with zero attached hydrogens (tertiary/aromatic N) is 3. The highest BCUT2D eigenvalue weighted by molar-refractivity contribution is 5.89. The average Bonchev–Trinajstić information content (AvgIpc) is 3.27. The molecule has 3 atom stereocenters. The van der Waals surface area contributed by atoms with Crippen LogP contribution >= 0.6 is 0 Å². The van der Waals surface area contributed by atoms with Crippen LogP contribution in [0.1, 0.15) is 140 Å². The topological polar surface area (TPSA) is 138 Å². The van der Waals surface area contributed by atoms with Crippen molar-refractivity contribution in [2.24, 2.45) is 17.8 Å². The van der Waals surface area contributed by atoms with E-state index in [1.165, 1.54) is 25.7 Å². The molecule has 4 rings (SSSR count). The van der Waals surface area contributed by atoms with E-state index in [0.29, 0.717) is 79.9 Å². The fourth-order valence-corrected chi connectivity index (χ4v) is 6.47. The summed E-state index contributed by atoms with van der Waals surface area (Å²) in [5.74, 6) is 2.04. The van der Waals surface area contributed by atoms with Crippen LogP contribution in [0, 0.1) is 17.8 Å². The van der Waals surface area contributed by atoms with Crippen molar-refractivity contribution in [1.29, 1.82) is 0 Å². The predicted octanol–water partition coefficient (Wildman–Crippen LogP) is 12.8. The number of hydrogen-bond donors (Lipinski definition) is 3. The van der Waals surface area contributed by atoms with E-state index < -0.39 is 0 Å². The number of hydrogen-bond acceptors (Lipinski definition) is 12. The minimum atomic E-state index is -0.329. The Hall–Kier alpha value is -4.62. The maximum atomic E-state index is 12.8. The van der Waals surface area contributed by atoms with Gasteiger partial charge in [0, 0.05) is 17.1 Å². The van der Waals surface area contributed by atoms with Crippen molar-refractivity contribution in [3.63, 3.8) is 0 Å². The summed E-state index contributed by atoms with van der Waals surface area (Å²) in [4.78, 5) is 49.1. The second-order valence-corrected chi connectivity index (χ2v) is 15.6. The largest absolute Gasteiger partial charge is 0.462 e. The van der Waals surface area contributed by atoms with E-state index in [4.69, 9.17) is 24.3 Å². The molecule has 0 fully saturated rings. The van der Waals surface area contributed by atoms with Gasteiger partial charge in [0.2, 0.25) is 17.8 Å². The number of rotatable bonds is 31. The molecule has 0 amide bonds. The zero-order valence-electron chi connectivity index (χ0n) is 37.0. The highest BCUT2D eigenvalue weighted by Crippen LogP contribution is 2.23. The normalized spacial score (nSPS) is 12.8. The summed E-state index contributed by atoms with van der Waals surface area (Å²) in [5.41, 5.74) is 4.73. The maximum absolute atomic E-state index is 12.8. The number of carbonyl (C=O) groups excluding carboxylic acids is 1. The van der Waals surface area contributed by atoms with Gasteiger partial charge in [0.05, 0.1) is 25.4 Å². The molecular weight excluding hydrogens is 757 g/mol. The van der Waals surface area contributed by atoms with E-state index in [9.17, 15) is 4.79 Å². The van der Waals surface area contributed by atoms with Crippen LogP contribution < -0.4 is 16.0 Å². The summed E-state index contributed by atoms with van der Waals surface area (Å²) in [6.07, 6.45) is 13.5. The van der Waals surface area contributed by atoms with Crippen LogP contribution in [-0.4, -0.2) is 40.7 Å². The molecule has 0 radical (unpaired) electrons. The lowest BCUT2D eigenvalue weighted by molar-refractivity contribution is -0.310. The molecule has 0 aliphatic rings. The third-order valence-electron chi connectivity index (χ3n) is 10.7. The van der Waals surface area contributed by atoms with Gasteiger partial charge in [-0.1, -0.05) is 124 Å². The first-order valence-electron chi connectivity index (χ1n) is 22.4. The molecule has 0 spiro atoms. The smallest absolute Gasteiger partial charge is 0.338 e. The molecule has 0 saturated heterocycles. The van der Waals surface area contributed by atoms with Crippen LogP contribution in [0.25, 0.3) is 0 Å². The monoisotopic (exact) mass is 827 g/mol. The highest BCUT2D eigenvalue weighted by Gasteiger charge is 2.14. The molecule has 12 nitrogen and oxygen atoms in total. The van der Waals surface area contributed by atoms with Crippen molar-refractivity contribution in [2.75, 3.05) is 35.8 Å². The molecule has 60 heavy (non-hydrogen) atoms. The van der Waals surface area contributed by atoms with E-state index in [1.807, 2.05) is 60.7 Å². The van der Waals surface area contributed by atoms with Gasteiger partial charge in [-0.3, -0.25) is 0 Å². The van der Waals surface area contributed by atoms with Gasteiger partial charge in [-0.15, -0.1) is 0 Å². The fourth-order valence-electron chi connectivity index (χ4n) is 6.47. The highest BCUT2D eigenvalue weighted by atomic mass is 17.2. The molecule has 3 unspecified atom stereocenters. The Bertz CT molecular complexity index is 1670. The van der Waals surface area contributed by atoms with Crippen molar-refractivity contribution >= 4 is 40.9 Å². The van der Waals surface area contributed by atoms with Gasteiger partial charge in [0.1, 0.15) is 13.2 Å². The second-order valence-electron chi connectivity index (χ2n) is 15.6. The van der Waals surface area contributed by atoms with Gasteiger partial charge < -0.3 is 20.7 Å². The van der Waals surface area contributed by atoms with Crippen LogP contribution in [0.2, 0.25) is 0 Å². The number of anilines is 6. The Morgan fingerprint density at radius 3 is 1.18 bits per heavy atom. The van der Waals surface area contributed by atoms with Gasteiger partial charge in [-0.05, 0) is 96.7 Å². The van der Waals surface area contributed by atoms with Crippen LogP contribution in [0.15, 0.2) is 72.8 Å². The second kappa shape index (κ2) is 28.0. The van der Waals surface area contributed by atoms with Crippen molar-refractivity contribution < 1.29 is 29.1 Å². The van der Waals surface area contributed by atoms with Crippen LogP contribution in [0.4, 0.5) is 34.9 Å². The average molecular weight is 827 g/mol. The van der Waals surface area contributed by atoms with E-state index in [0.717, 1.165) is 73.9 Å². The summed E-state index contributed by atoms with van der Waals surface area (Å²) in [6.45, 7) is 15.4. The van der Waals surface area contributed by atoms with E-state index in [2.05, 4.69) is 72.4 Å². The lowest BCUT2D eigenvalue weighted by Gasteiger charge is -2.15. The molecule has 3 N–H and O–H groups in total. The molecular formula is C48H70N6O6. The first-order chi connectivity index (χ1) is 29.4. The Morgan fingerprint density at radius 2 is 0.833 bits per heavy atom. The molecule has 0 saturated carbocycles. The minimum Gasteiger partial charge on any atom is -0.462 e. The van der Waals surface area contributed by atoms with Gasteiger partial charge in [-0.2, -0.15) is 15.0 Å². The van der Waals surface area contributed by atoms with Crippen LogP contribution in [0.3, 0.4) is 0 Å². The van der Waals surface area contributed by atoms with Gasteiger partial charge >= 0.3 is 5.97 Å². The number of ether oxygens (including phenoxy) is 1. The zero-order valence-corrected chi connectivity index (χ0v) is 37.0. The third-order valence-corrected chi connectivity index (χ3v) is 10.7. The van der Waals surface area contributed by atoms with E-state index in [-0.39, 0.29) is 5.97 Å². The first kappa shape index (κ1) is 48.1. The summed E-state index contributed by atoms with van der Waals surface area (Å²) in [6, 6.07) is 22.8. The number of aromatic nitrogens is 3. The lowest BCUT2D eigenvalue weighted by Crippen LogP contribution is -2.14. The molecule has 0 bridgehead atoms. The fraction of sp³-hybridized carbons (Fsp3) is 0.542. The third kappa shape index (κ3) is 17.9. The Labute approximate surface area is 358 Å². The van der Waals surface area contributed by atoms with E-state index >= 15 is 0 Å². The number of esters is 1. The number of nitrogens with one attached hydrogen (secondary N) is 3. The summed E-state index contributed by atoms with van der Waals surface area (Å²) in [5, 5.41) is 9.90. The Kier molecular flexibility index (Phi) is 22.4.